The zero-order chi connectivity index (χ0) is 18.7. The molecule has 6 heteroatoms. The SMILES string of the molecule is CCN(CCC#N)c1ccc2nc3cc(C)c(=[N+](C)CC)cc-3oc2c1.[Cl-]. The minimum Gasteiger partial charge on any atom is -1.00 e. The van der Waals surface area contributed by atoms with Gasteiger partial charge in [-0.3, -0.25) is 0 Å². The van der Waals surface area contributed by atoms with Crippen LogP contribution >= 0.6 is 0 Å². The van der Waals surface area contributed by atoms with Crippen LogP contribution in [0.1, 0.15) is 25.8 Å². The van der Waals surface area contributed by atoms with Gasteiger partial charge < -0.3 is 21.7 Å². The van der Waals surface area contributed by atoms with E-state index in [1.165, 1.54) is 5.56 Å². The Balaban J connectivity index is 0.00000261. The van der Waals surface area contributed by atoms with Crippen LogP contribution in [0.25, 0.3) is 22.6 Å². The van der Waals surface area contributed by atoms with Gasteiger partial charge in [-0.2, -0.15) is 5.26 Å². The molecule has 0 amide bonds. The fourth-order valence-corrected chi connectivity index (χ4v) is 3.19. The highest BCUT2D eigenvalue weighted by atomic mass is 35.5. The molecule has 1 aliphatic heterocycles. The van der Waals surface area contributed by atoms with E-state index in [0.29, 0.717) is 13.0 Å². The second kappa shape index (κ2) is 8.88. The van der Waals surface area contributed by atoms with Gasteiger partial charge in [0.05, 0.1) is 18.6 Å². The highest BCUT2D eigenvalue weighted by Crippen LogP contribution is 2.27. The van der Waals surface area contributed by atoms with Crippen molar-refractivity contribution in [2.75, 3.05) is 31.6 Å². The van der Waals surface area contributed by atoms with Crippen LogP contribution < -0.4 is 27.2 Å². The largest absolute Gasteiger partial charge is 1.00 e. The van der Waals surface area contributed by atoms with Crippen molar-refractivity contribution in [3.8, 4) is 17.5 Å². The third-order valence-corrected chi connectivity index (χ3v) is 4.81. The topological polar surface area (TPSA) is 56.1 Å². The van der Waals surface area contributed by atoms with Crippen molar-refractivity contribution in [1.82, 2.24) is 9.56 Å². The number of fused-ring (bicyclic) bond motifs is 2. The first kappa shape index (κ1) is 20.7. The Morgan fingerprint density at radius 1 is 1.22 bits per heavy atom. The molecule has 0 unspecified atom stereocenters. The molecule has 1 aromatic carbocycles. The van der Waals surface area contributed by atoms with Crippen molar-refractivity contribution in [2.45, 2.75) is 27.2 Å². The molecule has 2 aliphatic rings. The number of nitriles is 1. The Labute approximate surface area is 166 Å². The lowest BCUT2D eigenvalue weighted by Gasteiger charge is -2.22. The molecule has 0 bridgehead atoms. The molecular weight excluding hydrogens is 360 g/mol. The third-order valence-electron chi connectivity index (χ3n) is 4.81. The number of rotatable bonds is 5. The normalized spacial score (nSPS) is 11.8. The zero-order valence-corrected chi connectivity index (χ0v) is 17.0. The van der Waals surface area contributed by atoms with E-state index in [9.17, 15) is 0 Å². The summed E-state index contributed by atoms with van der Waals surface area (Å²) in [5, 5.41) is 10.0. The van der Waals surface area contributed by atoms with Gasteiger partial charge in [-0.1, -0.05) is 0 Å². The van der Waals surface area contributed by atoms with E-state index >= 15 is 0 Å². The molecule has 0 atom stereocenters. The van der Waals surface area contributed by atoms with Crippen LogP contribution in [-0.2, 0) is 0 Å². The Morgan fingerprint density at radius 3 is 2.67 bits per heavy atom. The average Bonchev–Trinajstić information content (AvgIpc) is 2.66. The van der Waals surface area contributed by atoms with Gasteiger partial charge in [0.15, 0.2) is 11.3 Å². The van der Waals surface area contributed by atoms with E-state index in [1.807, 2.05) is 18.2 Å². The molecule has 0 radical (unpaired) electrons. The monoisotopic (exact) mass is 384 g/mol. The van der Waals surface area contributed by atoms with Crippen LogP contribution in [0.3, 0.4) is 0 Å². The standard InChI is InChI=1S/C21H25N4O.ClH/c1-5-24(4)19-14-21-18(12-15(19)3)23-17-9-8-16(13-20(17)26-21)25(6-2)11-7-10-22;/h8-9,12-14H,5-7,11H2,1-4H3;1H/q+1;/p-1. The first-order chi connectivity index (χ1) is 12.6. The number of halogens is 1. The van der Waals surface area contributed by atoms with E-state index in [0.717, 1.165) is 46.7 Å². The molecular formula is C21H25ClN4O. The predicted molar refractivity (Wildman–Crippen MR) is 105 cm³/mol. The Kier molecular flexibility index (Phi) is 6.81. The molecule has 0 saturated heterocycles. The van der Waals surface area contributed by atoms with Gasteiger partial charge in [0, 0.05) is 30.4 Å². The van der Waals surface area contributed by atoms with Crippen LogP contribution in [0.4, 0.5) is 5.69 Å². The molecule has 142 valence electrons. The Bertz CT molecular complexity index is 1020. The molecule has 1 heterocycles. The number of anilines is 1. The lowest BCUT2D eigenvalue weighted by Crippen LogP contribution is -3.00. The van der Waals surface area contributed by atoms with E-state index in [4.69, 9.17) is 14.7 Å². The smallest absolute Gasteiger partial charge is 0.206 e. The summed E-state index contributed by atoms with van der Waals surface area (Å²) >= 11 is 0. The molecule has 1 aliphatic carbocycles. The number of nitrogens with zero attached hydrogens (tertiary/aromatic N) is 4. The summed E-state index contributed by atoms with van der Waals surface area (Å²) in [6.45, 7) is 8.81. The van der Waals surface area contributed by atoms with Crippen molar-refractivity contribution in [3.63, 3.8) is 0 Å². The number of benzene rings is 2. The van der Waals surface area contributed by atoms with Gasteiger partial charge in [0.2, 0.25) is 5.36 Å². The fraction of sp³-hybridized carbons (Fsp3) is 0.381. The summed E-state index contributed by atoms with van der Waals surface area (Å²) < 4.78 is 8.40. The average molecular weight is 385 g/mol. The number of hydrogen-bond donors (Lipinski definition) is 0. The first-order valence-electron chi connectivity index (χ1n) is 9.08. The molecule has 27 heavy (non-hydrogen) atoms. The quantitative estimate of drug-likeness (QED) is 0.472. The maximum absolute atomic E-state index is 8.85. The molecule has 3 rings (SSSR count). The highest BCUT2D eigenvalue weighted by molar-refractivity contribution is 5.80. The van der Waals surface area contributed by atoms with Crippen molar-refractivity contribution in [1.29, 1.82) is 5.26 Å². The predicted octanol–water partition coefficient (Wildman–Crippen LogP) is 0.407. The second-order valence-corrected chi connectivity index (χ2v) is 6.47. The summed E-state index contributed by atoms with van der Waals surface area (Å²) in [7, 11) is 2.08. The number of aromatic nitrogens is 1. The van der Waals surface area contributed by atoms with E-state index in [-0.39, 0.29) is 12.4 Å². The molecule has 0 aromatic heterocycles. The summed E-state index contributed by atoms with van der Waals surface area (Å²) in [6, 6.07) is 12.4. The maximum atomic E-state index is 8.85. The summed E-state index contributed by atoms with van der Waals surface area (Å²) in [4.78, 5) is 6.94. The van der Waals surface area contributed by atoms with Gasteiger partial charge in [-0.05, 0) is 39.0 Å². The number of aryl methyl sites for hydroxylation is 1. The number of hydrogen-bond acceptors (Lipinski definition) is 4. The second-order valence-electron chi connectivity index (χ2n) is 6.47. The molecule has 0 N–H and O–H groups in total. The maximum Gasteiger partial charge on any atom is 0.206 e. The van der Waals surface area contributed by atoms with Gasteiger partial charge in [-0.25, -0.2) is 9.56 Å². The van der Waals surface area contributed by atoms with Gasteiger partial charge >= 0.3 is 0 Å². The third kappa shape index (κ3) is 4.23. The van der Waals surface area contributed by atoms with Crippen molar-refractivity contribution >= 4 is 16.8 Å². The van der Waals surface area contributed by atoms with Crippen LogP contribution in [0.2, 0.25) is 0 Å². The summed E-state index contributed by atoms with van der Waals surface area (Å²) in [5.41, 5.74) is 4.72. The van der Waals surface area contributed by atoms with E-state index in [1.54, 1.807) is 0 Å². The van der Waals surface area contributed by atoms with Crippen LogP contribution in [0, 0.1) is 18.3 Å². The lowest BCUT2D eigenvalue weighted by atomic mass is 10.1. The zero-order valence-electron chi connectivity index (χ0n) is 16.3. The van der Waals surface area contributed by atoms with E-state index in [2.05, 4.69) is 55.5 Å². The minimum atomic E-state index is 0. The first-order valence-corrected chi connectivity index (χ1v) is 9.08. The fourth-order valence-electron chi connectivity index (χ4n) is 3.19. The molecule has 0 saturated carbocycles. The lowest BCUT2D eigenvalue weighted by molar-refractivity contribution is -0.00000626. The van der Waals surface area contributed by atoms with Gasteiger partial charge in [0.1, 0.15) is 24.8 Å². The van der Waals surface area contributed by atoms with Crippen LogP contribution in [0.5, 0.6) is 0 Å². The van der Waals surface area contributed by atoms with Crippen LogP contribution in [-0.4, -0.2) is 31.7 Å². The minimum absolute atomic E-state index is 0. The molecule has 5 nitrogen and oxygen atoms in total. The molecule has 1 aromatic rings. The van der Waals surface area contributed by atoms with Gasteiger partial charge in [0.25, 0.3) is 0 Å². The van der Waals surface area contributed by atoms with Gasteiger partial charge in [-0.15, -0.1) is 0 Å². The van der Waals surface area contributed by atoms with E-state index < -0.39 is 0 Å². The summed E-state index contributed by atoms with van der Waals surface area (Å²) in [6.07, 6.45) is 0.505. The molecule has 0 spiro atoms. The Hall–Kier alpha value is -2.58. The van der Waals surface area contributed by atoms with Crippen molar-refractivity contribution in [3.05, 3.63) is 41.3 Å². The highest BCUT2D eigenvalue weighted by Gasteiger charge is 2.14. The Morgan fingerprint density at radius 2 is 2.00 bits per heavy atom. The molecule has 0 fully saturated rings. The summed E-state index contributed by atoms with van der Waals surface area (Å²) in [5.74, 6) is 0.788. The van der Waals surface area contributed by atoms with Crippen LogP contribution in [0.15, 0.2) is 34.7 Å². The van der Waals surface area contributed by atoms with Crippen molar-refractivity contribution in [2.24, 2.45) is 0 Å². The van der Waals surface area contributed by atoms with Crippen molar-refractivity contribution < 1.29 is 16.8 Å².